The Morgan fingerprint density at radius 2 is 1.79 bits per heavy atom. The molecule has 0 radical (unpaired) electrons. The van der Waals surface area contributed by atoms with Crippen molar-refractivity contribution in [2.24, 2.45) is 11.3 Å². The van der Waals surface area contributed by atoms with E-state index in [0.29, 0.717) is 59.4 Å². The SMILES string of the molecule is COc1c2c(c(CO)c3c1C(=O)OC3)OC1(C)CCC3(O)C(C)(C)OC(=O)CCC3(C)C1C2. The number of carbonyl (C=O) groups excluding carboxylic acids is 2. The summed E-state index contributed by atoms with van der Waals surface area (Å²) in [6.45, 7) is 7.40. The minimum Gasteiger partial charge on any atom is -0.495 e. The summed E-state index contributed by atoms with van der Waals surface area (Å²) in [7, 11) is 1.51. The van der Waals surface area contributed by atoms with Crippen LogP contribution in [-0.2, 0) is 33.9 Å². The number of fused-ring (bicyclic) bond motifs is 5. The van der Waals surface area contributed by atoms with Crippen molar-refractivity contribution in [3.63, 3.8) is 0 Å². The number of rotatable bonds is 2. The van der Waals surface area contributed by atoms with Crippen LogP contribution >= 0.6 is 0 Å². The van der Waals surface area contributed by atoms with E-state index in [1.165, 1.54) is 7.11 Å². The number of aliphatic hydroxyl groups excluding tert-OH is 1. The summed E-state index contributed by atoms with van der Waals surface area (Å²) in [5, 5.41) is 22.3. The molecule has 2 fully saturated rings. The quantitative estimate of drug-likeness (QED) is 0.648. The lowest BCUT2D eigenvalue weighted by molar-refractivity contribution is -0.262. The number of hydrogen-bond donors (Lipinski definition) is 2. The van der Waals surface area contributed by atoms with E-state index in [4.69, 9.17) is 18.9 Å². The third-order valence-corrected chi connectivity index (χ3v) is 9.02. The van der Waals surface area contributed by atoms with Gasteiger partial charge in [-0.1, -0.05) is 6.92 Å². The number of benzene rings is 1. The van der Waals surface area contributed by atoms with E-state index in [0.717, 1.165) is 0 Å². The van der Waals surface area contributed by atoms with Gasteiger partial charge < -0.3 is 29.2 Å². The number of esters is 2. The van der Waals surface area contributed by atoms with Crippen LogP contribution in [0.4, 0.5) is 0 Å². The average molecular weight is 461 g/mol. The van der Waals surface area contributed by atoms with E-state index in [9.17, 15) is 19.8 Å². The molecular weight excluding hydrogens is 428 g/mol. The second-order valence-corrected chi connectivity index (χ2v) is 10.8. The first-order valence-electron chi connectivity index (χ1n) is 11.6. The Kier molecular flexibility index (Phi) is 4.67. The molecule has 4 atom stereocenters. The van der Waals surface area contributed by atoms with Gasteiger partial charge in [0.2, 0.25) is 0 Å². The predicted molar refractivity (Wildman–Crippen MR) is 116 cm³/mol. The van der Waals surface area contributed by atoms with Gasteiger partial charge in [0.25, 0.3) is 0 Å². The summed E-state index contributed by atoms with van der Waals surface area (Å²) < 4.78 is 23.4. The smallest absolute Gasteiger partial charge is 0.342 e. The van der Waals surface area contributed by atoms with Crippen LogP contribution in [0.5, 0.6) is 11.5 Å². The molecule has 0 aromatic heterocycles. The normalized spacial score (nSPS) is 36.3. The van der Waals surface area contributed by atoms with Crippen LogP contribution in [0.15, 0.2) is 0 Å². The molecular formula is C25H32O8. The van der Waals surface area contributed by atoms with Gasteiger partial charge in [0.15, 0.2) is 0 Å². The summed E-state index contributed by atoms with van der Waals surface area (Å²) in [5.74, 6) is -0.0442. The molecule has 4 unspecified atom stereocenters. The first kappa shape index (κ1) is 22.5. The summed E-state index contributed by atoms with van der Waals surface area (Å²) in [4.78, 5) is 25.0. The van der Waals surface area contributed by atoms with Crippen molar-refractivity contribution in [3.05, 3.63) is 22.3 Å². The topological polar surface area (TPSA) is 112 Å². The van der Waals surface area contributed by atoms with Gasteiger partial charge in [0.05, 0.1) is 13.7 Å². The van der Waals surface area contributed by atoms with E-state index in [1.54, 1.807) is 13.8 Å². The van der Waals surface area contributed by atoms with Crippen molar-refractivity contribution >= 4 is 11.9 Å². The maximum atomic E-state index is 12.5. The molecule has 8 heteroatoms. The summed E-state index contributed by atoms with van der Waals surface area (Å²) in [6.07, 6.45) is 2.07. The number of aliphatic hydroxyl groups is 2. The molecule has 5 rings (SSSR count). The highest BCUT2D eigenvalue weighted by atomic mass is 16.6. The minimum absolute atomic E-state index is 0.0717. The number of methoxy groups -OCH3 is 1. The van der Waals surface area contributed by atoms with E-state index in [2.05, 4.69) is 0 Å². The zero-order chi connectivity index (χ0) is 24.0. The van der Waals surface area contributed by atoms with Crippen molar-refractivity contribution in [1.29, 1.82) is 0 Å². The monoisotopic (exact) mass is 460 g/mol. The third kappa shape index (κ3) is 2.71. The van der Waals surface area contributed by atoms with Crippen LogP contribution in [0.1, 0.15) is 80.4 Å². The largest absolute Gasteiger partial charge is 0.495 e. The zero-order valence-electron chi connectivity index (χ0n) is 19.9. The second kappa shape index (κ2) is 6.85. The molecule has 1 saturated heterocycles. The maximum absolute atomic E-state index is 12.5. The van der Waals surface area contributed by atoms with Gasteiger partial charge in [-0.05, 0) is 46.5 Å². The Morgan fingerprint density at radius 3 is 2.45 bits per heavy atom. The second-order valence-electron chi connectivity index (χ2n) is 10.8. The molecule has 3 heterocycles. The molecule has 1 aromatic rings. The summed E-state index contributed by atoms with van der Waals surface area (Å²) in [5.41, 5.74) is -1.50. The molecule has 3 aliphatic heterocycles. The van der Waals surface area contributed by atoms with Crippen LogP contribution in [0.3, 0.4) is 0 Å². The molecule has 1 saturated carbocycles. The van der Waals surface area contributed by atoms with E-state index >= 15 is 0 Å². The lowest BCUT2D eigenvalue weighted by atomic mass is 9.47. The van der Waals surface area contributed by atoms with Crippen LogP contribution in [0.2, 0.25) is 0 Å². The van der Waals surface area contributed by atoms with E-state index < -0.39 is 28.2 Å². The molecule has 8 nitrogen and oxygen atoms in total. The van der Waals surface area contributed by atoms with Crippen molar-refractivity contribution in [1.82, 2.24) is 0 Å². The first-order valence-corrected chi connectivity index (χ1v) is 11.6. The van der Waals surface area contributed by atoms with Gasteiger partial charge in [0, 0.05) is 34.4 Å². The lowest BCUT2D eigenvalue weighted by Crippen LogP contribution is -2.71. The molecule has 2 N–H and O–H groups in total. The Labute approximate surface area is 193 Å². The highest BCUT2D eigenvalue weighted by molar-refractivity contribution is 5.98. The fourth-order valence-corrected chi connectivity index (χ4v) is 7.15. The van der Waals surface area contributed by atoms with Gasteiger partial charge in [-0.25, -0.2) is 4.79 Å². The van der Waals surface area contributed by atoms with Crippen LogP contribution in [0.25, 0.3) is 0 Å². The van der Waals surface area contributed by atoms with Crippen LogP contribution < -0.4 is 9.47 Å². The zero-order valence-corrected chi connectivity index (χ0v) is 19.9. The standard InChI is InChI=1S/C25H32O8/c1-22(2)25(29)9-8-24(4)16(23(25,3)7-6-17(27)32-22)10-13-19(33-24)14(11-26)15-12-31-21(28)18(15)20(13)30-5/h16,26,29H,6-12H2,1-5H3. The van der Waals surface area contributed by atoms with Gasteiger partial charge in [-0.15, -0.1) is 0 Å². The Hall–Kier alpha value is -2.32. The van der Waals surface area contributed by atoms with Crippen molar-refractivity contribution < 1.29 is 38.7 Å². The fraction of sp³-hybridized carbons (Fsp3) is 0.680. The summed E-state index contributed by atoms with van der Waals surface area (Å²) in [6, 6.07) is 0. The van der Waals surface area contributed by atoms with E-state index in [1.807, 2.05) is 13.8 Å². The predicted octanol–water partition coefficient (Wildman–Crippen LogP) is 2.81. The molecule has 180 valence electrons. The lowest BCUT2D eigenvalue weighted by Gasteiger charge is -2.63. The molecule has 33 heavy (non-hydrogen) atoms. The van der Waals surface area contributed by atoms with Crippen molar-refractivity contribution in [2.75, 3.05) is 7.11 Å². The fourth-order valence-electron chi connectivity index (χ4n) is 7.15. The highest BCUT2D eigenvalue weighted by Gasteiger charge is 2.69. The number of ether oxygens (including phenoxy) is 4. The molecule has 0 bridgehead atoms. The highest BCUT2D eigenvalue weighted by Crippen LogP contribution is 2.64. The first-order chi connectivity index (χ1) is 15.4. The molecule has 0 spiro atoms. The Bertz CT molecular complexity index is 1060. The van der Waals surface area contributed by atoms with Gasteiger partial charge >= 0.3 is 11.9 Å². The van der Waals surface area contributed by atoms with Crippen LogP contribution in [0, 0.1) is 11.3 Å². The van der Waals surface area contributed by atoms with Gasteiger partial charge in [-0.2, -0.15) is 0 Å². The van der Waals surface area contributed by atoms with Gasteiger partial charge in [0.1, 0.15) is 40.5 Å². The third-order valence-electron chi connectivity index (χ3n) is 9.02. The molecule has 1 aromatic carbocycles. The maximum Gasteiger partial charge on any atom is 0.342 e. The summed E-state index contributed by atoms with van der Waals surface area (Å²) >= 11 is 0. The minimum atomic E-state index is -1.26. The Balaban J connectivity index is 1.72. The van der Waals surface area contributed by atoms with Crippen LogP contribution in [-0.4, -0.2) is 46.1 Å². The molecule has 4 aliphatic rings. The van der Waals surface area contributed by atoms with E-state index in [-0.39, 0.29) is 31.5 Å². The number of carbonyl (C=O) groups is 2. The van der Waals surface area contributed by atoms with Crippen molar-refractivity contribution in [3.8, 4) is 11.5 Å². The Morgan fingerprint density at radius 1 is 1.06 bits per heavy atom. The van der Waals surface area contributed by atoms with Gasteiger partial charge in [-0.3, -0.25) is 4.79 Å². The number of hydrogen-bond acceptors (Lipinski definition) is 8. The van der Waals surface area contributed by atoms with Crippen molar-refractivity contribution in [2.45, 2.75) is 89.8 Å². The average Bonchev–Trinajstić information content (AvgIpc) is 3.10. The molecule has 1 aliphatic carbocycles. The number of cyclic esters (lactones) is 2. The molecule has 0 amide bonds.